The van der Waals surface area contributed by atoms with Gasteiger partial charge in [-0.3, -0.25) is 4.98 Å². The third-order valence-corrected chi connectivity index (χ3v) is 4.40. The summed E-state index contributed by atoms with van der Waals surface area (Å²) < 4.78 is 6.63. The van der Waals surface area contributed by atoms with Gasteiger partial charge in [0.2, 0.25) is 11.2 Å². The molecule has 0 aliphatic carbocycles. The molecule has 0 saturated carbocycles. The van der Waals surface area contributed by atoms with E-state index in [1.54, 1.807) is 23.7 Å². The van der Waals surface area contributed by atoms with Crippen molar-refractivity contribution in [2.75, 3.05) is 0 Å². The van der Waals surface area contributed by atoms with E-state index in [0.29, 0.717) is 11.6 Å². The second-order valence-corrected chi connectivity index (χ2v) is 6.39. The van der Waals surface area contributed by atoms with Gasteiger partial charge in [0.1, 0.15) is 10.6 Å². The van der Waals surface area contributed by atoms with E-state index in [4.69, 9.17) is 16.3 Å². The second kappa shape index (κ2) is 5.63. The summed E-state index contributed by atoms with van der Waals surface area (Å²) in [5.41, 5.74) is 0. The monoisotopic (exact) mass is 369 g/mol. The molecule has 4 nitrogen and oxygen atoms in total. The molecule has 0 aliphatic heterocycles. The molecule has 7 heteroatoms. The van der Waals surface area contributed by atoms with Crippen LogP contribution < -0.4 is 4.74 Å². The van der Waals surface area contributed by atoms with Gasteiger partial charge in [-0.05, 0) is 46.1 Å². The number of pyridine rings is 1. The molecule has 0 aromatic carbocycles. The number of ether oxygens (including phenoxy) is 1. The van der Waals surface area contributed by atoms with Gasteiger partial charge in [-0.2, -0.15) is 4.98 Å². The summed E-state index contributed by atoms with van der Waals surface area (Å²) in [4.78, 5) is 14.5. The molecule has 0 N–H and O–H groups in total. The van der Waals surface area contributed by atoms with E-state index in [2.05, 4.69) is 37.8 Å². The lowest BCUT2D eigenvalue weighted by atomic mass is 10.3. The Kier molecular flexibility index (Phi) is 3.87. The van der Waals surface area contributed by atoms with Crippen LogP contribution in [0, 0.1) is 0 Å². The van der Waals surface area contributed by atoms with Crippen molar-refractivity contribution in [1.29, 1.82) is 0 Å². The van der Waals surface area contributed by atoms with Gasteiger partial charge >= 0.3 is 0 Å². The first-order valence-corrected chi connectivity index (χ1v) is 7.89. The quantitative estimate of drug-likeness (QED) is 0.618. The van der Waals surface area contributed by atoms with E-state index in [1.807, 2.05) is 12.1 Å². The molecule has 0 amide bonds. The normalized spacial score (nSPS) is 10.9. The lowest BCUT2D eigenvalue weighted by Gasteiger charge is -2.05. The highest BCUT2D eigenvalue weighted by molar-refractivity contribution is 9.10. The smallest absolute Gasteiger partial charge is 0.232 e. The van der Waals surface area contributed by atoms with Gasteiger partial charge in [-0.1, -0.05) is 6.92 Å². The number of hydrogen-bond acceptors (Lipinski definition) is 5. The van der Waals surface area contributed by atoms with Crippen molar-refractivity contribution in [2.45, 2.75) is 13.3 Å². The summed E-state index contributed by atoms with van der Waals surface area (Å²) >= 11 is 10.9. The predicted molar refractivity (Wildman–Crippen MR) is 83.8 cm³/mol. The zero-order valence-electron chi connectivity index (χ0n) is 10.4. The number of thiophene rings is 1. The van der Waals surface area contributed by atoms with Gasteiger partial charge in [0.25, 0.3) is 0 Å². The molecule has 3 aromatic heterocycles. The van der Waals surface area contributed by atoms with E-state index in [9.17, 15) is 0 Å². The average molecular weight is 371 g/mol. The number of aromatic nitrogens is 3. The highest BCUT2D eigenvalue weighted by atomic mass is 79.9. The first kappa shape index (κ1) is 13.7. The number of hydrogen-bond donors (Lipinski definition) is 0. The van der Waals surface area contributed by atoms with Crippen LogP contribution >= 0.6 is 38.9 Å². The Balaban J connectivity index is 2.08. The molecule has 3 aromatic rings. The van der Waals surface area contributed by atoms with E-state index < -0.39 is 0 Å². The molecule has 3 heterocycles. The van der Waals surface area contributed by atoms with Crippen molar-refractivity contribution in [3.8, 4) is 11.6 Å². The minimum Gasteiger partial charge on any atom is -0.437 e. The summed E-state index contributed by atoms with van der Waals surface area (Å²) in [5.74, 6) is 1.05. The zero-order chi connectivity index (χ0) is 14.1. The minimum atomic E-state index is 0.181. The maximum Gasteiger partial charge on any atom is 0.232 e. The van der Waals surface area contributed by atoms with Crippen molar-refractivity contribution in [1.82, 2.24) is 15.0 Å². The molecule has 0 bridgehead atoms. The fourth-order valence-electron chi connectivity index (χ4n) is 1.73. The van der Waals surface area contributed by atoms with Crippen LogP contribution in [0.15, 0.2) is 29.0 Å². The average Bonchev–Trinajstić information content (AvgIpc) is 2.82. The largest absolute Gasteiger partial charge is 0.437 e. The van der Waals surface area contributed by atoms with Gasteiger partial charge in [-0.25, -0.2) is 4.98 Å². The fourth-order valence-corrected chi connectivity index (χ4v) is 3.25. The first-order valence-electron chi connectivity index (χ1n) is 5.90. The highest BCUT2D eigenvalue weighted by Gasteiger charge is 2.12. The molecule has 3 rings (SSSR count). The Labute approximate surface area is 132 Å². The molecule has 20 heavy (non-hydrogen) atoms. The molecular formula is C13H9BrClN3OS. The molecule has 0 atom stereocenters. The fraction of sp³-hybridized carbons (Fsp3) is 0.154. The topological polar surface area (TPSA) is 47.9 Å². The standard InChI is InChI=1S/C13H9BrClN3OS/c1-2-9-4-10-11(17-13(15)18-12(10)20-9)19-8-3-7(14)5-16-6-8/h3-6H,2H2,1H3. The Bertz CT molecular complexity index is 777. The summed E-state index contributed by atoms with van der Waals surface area (Å²) in [6.07, 6.45) is 4.26. The Morgan fingerprint density at radius 1 is 1.30 bits per heavy atom. The third-order valence-electron chi connectivity index (χ3n) is 2.62. The second-order valence-electron chi connectivity index (χ2n) is 4.02. The molecule has 0 saturated heterocycles. The lowest BCUT2D eigenvalue weighted by molar-refractivity contribution is 0.466. The van der Waals surface area contributed by atoms with Gasteiger partial charge < -0.3 is 4.74 Å². The van der Waals surface area contributed by atoms with E-state index in [1.165, 1.54) is 4.88 Å². The Morgan fingerprint density at radius 3 is 2.90 bits per heavy atom. The maximum atomic E-state index is 5.95. The number of nitrogens with zero attached hydrogens (tertiary/aromatic N) is 3. The zero-order valence-corrected chi connectivity index (χ0v) is 13.6. The van der Waals surface area contributed by atoms with Gasteiger partial charge in [0.15, 0.2) is 0 Å². The van der Waals surface area contributed by atoms with Crippen LogP contribution in [0.1, 0.15) is 11.8 Å². The first-order chi connectivity index (χ1) is 9.65. The van der Waals surface area contributed by atoms with E-state index in [0.717, 1.165) is 21.1 Å². The number of halogens is 2. The SMILES string of the molecule is CCc1cc2c(Oc3cncc(Br)c3)nc(Cl)nc2s1. The predicted octanol–water partition coefficient (Wildman–Crippen LogP) is 4.86. The maximum absolute atomic E-state index is 5.95. The third kappa shape index (κ3) is 2.77. The minimum absolute atomic E-state index is 0.181. The van der Waals surface area contributed by atoms with Crippen molar-refractivity contribution in [3.05, 3.63) is 39.2 Å². The van der Waals surface area contributed by atoms with Crippen LogP contribution in [-0.4, -0.2) is 15.0 Å². The molecular weight excluding hydrogens is 362 g/mol. The number of fused-ring (bicyclic) bond motifs is 1. The van der Waals surface area contributed by atoms with E-state index in [-0.39, 0.29) is 5.28 Å². The lowest BCUT2D eigenvalue weighted by Crippen LogP contribution is -1.91. The Morgan fingerprint density at radius 2 is 2.15 bits per heavy atom. The van der Waals surface area contributed by atoms with Gasteiger partial charge in [0.05, 0.1) is 11.6 Å². The molecule has 0 spiro atoms. The van der Waals surface area contributed by atoms with Crippen molar-refractivity contribution >= 4 is 49.1 Å². The van der Waals surface area contributed by atoms with Crippen molar-refractivity contribution < 1.29 is 4.74 Å². The molecule has 0 fully saturated rings. The number of aryl methyl sites for hydroxylation is 1. The Hall–Kier alpha value is -1.24. The summed E-state index contributed by atoms with van der Waals surface area (Å²) in [6.45, 7) is 2.10. The van der Waals surface area contributed by atoms with Crippen molar-refractivity contribution in [3.63, 3.8) is 0 Å². The summed E-state index contributed by atoms with van der Waals surface area (Å²) in [5, 5.41) is 1.05. The van der Waals surface area contributed by atoms with Crippen LogP contribution in [0.25, 0.3) is 10.2 Å². The molecule has 102 valence electrons. The number of rotatable bonds is 3. The summed E-state index contributed by atoms with van der Waals surface area (Å²) in [6, 6.07) is 3.86. The molecule has 0 aliphatic rings. The van der Waals surface area contributed by atoms with Crippen LogP contribution in [0.2, 0.25) is 5.28 Å². The van der Waals surface area contributed by atoms with E-state index >= 15 is 0 Å². The molecule has 0 unspecified atom stereocenters. The highest BCUT2D eigenvalue weighted by Crippen LogP contribution is 2.34. The van der Waals surface area contributed by atoms with Crippen molar-refractivity contribution in [2.24, 2.45) is 0 Å². The van der Waals surface area contributed by atoms with Gasteiger partial charge in [-0.15, -0.1) is 11.3 Å². The summed E-state index contributed by atoms with van der Waals surface area (Å²) in [7, 11) is 0. The van der Waals surface area contributed by atoms with Gasteiger partial charge in [0, 0.05) is 15.5 Å². The van der Waals surface area contributed by atoms with Crippen LogP contribution in [0.3, 0.4) is 0 Å². The van der Waals surface area contributed by atoms with Crippen LogP contribution in [0.4, 0.5) is 0 Å². The van der Waals surface area contributed by atoms with Crippen LogP contribution in [-0.2, 0) is 6.42 Å². The van der Waals surface area contributed by atoms with Crippen LogP contribution in [0.5, 0.6) is 11.6 Å². The molecule has 0 radical (unpaired) electrons.